The van der Waals surface area contributed by atoms with Crippen molar-refractivity contribution in [3.8, 4) is 5.75 Å². The zero-order valence-corrected chi connectivity index (χ0v) is 20.0. The lowest BCUT2D eigenvalue weighted by Gasteiger charge is -2.34. The van der Waals surface area contributed by atoms with Gasteiger partial charge in [0.1, 0.15) is 17.4 Å². The molecule has 1 aromatic carbocycles. The zero-order valence-electron chi connectivity index (χ0n) is 20.0. The first-order chi connectivity index (χ1) is 16.1. The number of rotatable bonds is 6. The van der Waals surface area contributed by atoms with Gasteiger partial charge in [-0.05, 0) is 56.8 Å². The molecule has 33 heavy (non-hydrogen) atoms. The Bertz CT molecular complexity index is 1110. The summed E-state index contributed by atoms with van der Waals surface area (Å²) in [5, 5.41) is 4.32. The molecule has 1 atom stereocenters. The normalized spacial score (nSPS) is 18.9. The highest BCUT2D eigenvalue weighted by Gasteiger charge is 2.28. The quantitative estimate of drug-likeness (QED) is 0.573. The monoisotopic (exact) mass is 446 g/mol. The Balaban J connectivity index is 1.37. The molecule has 7 nitrogen and oxygen atoms in total. The van der Waals surface area contributed by atoms with Crippen molar-refractivity contribution in [1.82, 2.24) is 24.6 Å². The van der Waals surface area contributed by atoms with Gasteiger partial charge in [0.15, 0.2) is 0 Å². The largest absolute Gasteiger partial charge is 0.497 e. The summed E-state index contributed by atoms with van der Waals surface area (Å²) >= 11 is 0. The summed E-state index contributed by atoms with van der Waals surface area (Å²) in [6.45, 7) is 7.10. The van der Waals surface area contributed by atoms with Gasteiger partial charge < -0.3 is 9.64 Å². The lowest BCUT2D eigenvalue weighted by Crippen LogP contribution is -2.36. The molecule has 0 spiro atoms. The highest BCUT2D eigenvalue weighted by molar-refractivity contribution is 5.52. The second-order valence-electron chi connectivity index (χ2n) is 9.44. The lowest BCUT2D eigenvalue weighted by atomic mass is 9.95. The van der Waals surface area contributed by atoms with E-state index >= 15 is 0 Å². The summed E-state index contributed by atoms with van der Waals surface area (Å²) in [7, 11) is 3.70. The van der Waals surface area contributed by atoms with E-state index in [2.05, 4.69) is 46.2 Å². The van der Waals surface area contributed by atoms with E-state index in [0.717, 1.165) is 75.1 Å². The van der Waals surface area contributed by atoms with Crippen LogP contribution in [0.2, 0.25) is 0 Å². The number of likely N-dealkylation sites (tertiary alicyclic amines) is 1. The van der Waals surface area contributed by atoms with Gasteiger partial charge in [0, 0.05) is 62.2 Å². The third-order valence-corrected chi connectivity index (χ3v) is 6.91. The molecule has 0 radical (unpaired) electrons. The number of fused-ring (bicyclic) bond motifs is 1. The Morgan fingerprint density at radius 1 is 1.09 bits per heavy atom. The average Bonchev–Trinajstić information content (AvgIpc) is 3.24. The molecular formula is C26H34N6O. The molecule has 1 saturated heterocycles. The fourth-order valence-electron chi connectivity index (χ4n) is 5.26. The van der Waals surface area contributed by atoms with Gasteiger partial charge in [-0.15, -0.1) is 0 Å². The van der Waals surface area contributed by atoms with E-state index in [1.54, 1.807) is 7.11 Å². The minimum atomic E-state index is 0.375. The van der Waals surface area contributed by atoms with Crippen molar-refractivity contribution < 1.29 is 4.74 Å². The van der Waals surface area contributed by atoms with Crippen LogP contribution in [-0.2, 0) is 26.6 Å². The van der Waals surface area contributed by atoms with Gasteiger partial charge in [-0.3, -0.25) is 9.58 Å². The van der Waals surface area contributed by atoms with E-state index in [4.69, 9.17) is 14.7 Å². The van der Waals surface area contributed by atoms with E-state index in [0.29, 0.717) is 5.92 Å². The van der Waals surface area contributed by atoms with Crippen LogP contribution >= 0.6 is 0 Å². The molecule has 0 N–H and O–H groups in total. The molecule has 2 aromatic heterocycles. The molecule has 1 fully saturated rings. The lowest BCUT2D eigenvalue weighted by molar-refractivity contribution is 0.196. The van der Waals surface area contributed by atoms with Crippen LogP contribution in [0.1, 0.15) is 53.4 Å². The van der Waals surface area contributed by atoms with Gasteiger partial charge >= 0.3 is 0 Å². The molecule has 7 heteroatoms. The Labute approximate surface area is 196 Å². The van der Waals surface area contributed by atoms with Crippen LogP contribution < -0.4 is 9.64 Å². The van der Waals surface area contributed by atoms with Crippen LogP contribution in [0.5, 0.6) is 5.75 Å². The second-order valence-corrected chi connectivity index (χ2v) is 9.44. The summed E-state index contributed by atoms with van der Waals surface area (Å²) < 4.78 is 7.31. The van der Waals surface area contributed by atoms with Crippen molar-refractivity contribution >= 4 is 5.82 Å². The molecule has 174 valence electrons. The van der Waals surface area contributed by atoms with Gasteiger partial charge in [0.2, 0.25) is 0 Å². The maximum absolute atomic E-state index is 5.43. The summed E-state index contributed by atoms with van der Waals surface area (Å²) in [6.07, 6.45) is 8.62. The van der Waals surface area contributed by atoms with Crippen LogP contribution in [0.15, 0.2) is 36.7 Å². The molecule has 0 saturated carbocycles. The zero-order chi connectivity index (χ0) is 22.8. The third kappa shape index (κ3) is 4.88. The predicted molar refractivity (Wildman–Crippen MR) is 130 cm³/mol. The Kier molecular flexibility index (Phi) is 6.31. The maximum Gasteiger partial charge on any atom is 0.136 e. The second kappa shape index (κ2) is 9.51. The van der Waals surface area contributed by atoms with Gasteiger partial charge in [0.25, 0.3) is 0 Å². The standard InChI is InChI=1S/C26H34N6O/c1-19-24-10-6-12-32(17-20-7-4-9-23(13-20)33-3)26(24)29-25(28-19)22-8-5-11-31(18-22)16-21-14-27-30(2)15-21/h4,7,9,13-15,22H,5-6,8,10-12,16-18H2,1-3H3/t22-/m0/s1. The van der Waals surface area contributed by atoms with Crippen molar-refractivity contribution in [2.45, 2.75) is 51.6 Å². The number of hydrogen-bond acceptors (Lipinski definition) is 6. The van der Waals surface area contributed by atoms with Crippen LogP contribution in [0, 0.1) is 6.92 Å². The predicted octanol–water partition coefficient (Wildman–Crippen LogP) is 3.86. The van der Waals surface area contributed by atoms with E-state index in [9.17, 15) is 0 Å². The topological polar surface area (TPSA) is 59.3 Å². The highest BCUT2D eigenvalue weighted by atomic mass is 16.5. The molecular weight excluding hydrogens is 412 g/mol. The number of aryl methyl sites for hydroxylation is 2. The van der Waals surface area contributed by atoms with Crippen molar-refractivity contribution in [3.05, 3.63) is 64.9 Å². The van der Waals surface area contributed by atoms with Crippen molar-refractivity contribution in [2.24, 2.45) is 7.05 Å². The first-order valence-corrected chi connectivity index (χ1v) is 12.0. The fourth-order valence-corrected chi connectivity index (χ4v) is 5.26. The maximum atomic E-state index is 5.43. The molecule has 2 aliphatic rings. The van der Waals surface area contributed by atoms with E-state index < -0.39 is 0 Å². The van der Waals surface area contributed by atoms with E-state index in [-0.39, 0.29) is 0 Å². The summed E-state index contributed by atoms with van der Waals surface area (Å²) in [5.41, 5.74) is 4.98. The number of ether oxygens (including phenoxy) is 1. The smallest absolute Gasteiger partial charge is 0.136 e. The minimum Gasteiger partial charge on any atom is -0.497 e. The Morgan fingerprint density at radius 3 is 2.82 bits per heavy atom. The summed E-state index contributed by atoms with van der Waals surface area (Å²) in [6, 6.07) is 8.36. The van der Waals surface area contributed by atoms with Crippen LogP contribution in [0.3, 0.4) is 0 Å². The number of nitrogens with zero attached hydrogens (tertiary/aromatic N) is 6. The van der Waals surface area contributed by atoms with Crippen LogP contribution in [0.25, 0.3) is 0 Å². The third-order valence-electron chi connectivity index (χ3n) is 6.91. The molecule has 0 bridgehead atoms. The van der Waals surface area contributed by atoms with Crippen LogP contribution in [0.4, 0.5) is 5.82 Å². The molecule has 5 rings (SSSR count). The average molecular weight is 447 g/mol. The Hall–Kier alpha value is -2.93. The number of benzene rings is 1. The molecule has 0 unspecified atom stereocenters. The fraction of sp³-hybridized carbons (Fsp3) is 0.500. The minimum absolute atomic E-state index is 0.375. The first kappa shape index (κ1) is 21.9. The molecule has 2 aliphatic heterocycles. The number of hydrogen-bond donors (Lipinski definition) is 0. The van der Waals surface area contributed by atoms with E-state index in [1.807, 2.05) is 24.0 Å². The van der Waals surface area contributed by atoms with Crippen molar-refractivity contribution in [1.29, 1.82) is 0 Å². The summed E-state index contributed by atoms with van der Waals surface area (Å²) in [5.74, 6) is 3.43. The van der Waals surface area contributed by atoms with Crippen molar-refractivity contribution in [2.75, 3.05) is 31.6 Å². The first-order valence-electron chi connectivity index (χ1n) is 12.0. The van der Waals surface area contributed by atoms with Gasteiger partial charge in [-0.1, -0.05) is 12.1 Å². The van der Waals surface area contributed by atoms with Crippen LogP contribution in [-0.4, -0.2) is 51.4 Å². The molecule has 0 aliphatic carbocycles. The number of methoxy groups -OCH3 is 1. The van der Waals surface area contributed by atoms with Crippen molar-refractivity contribution in [3.63, 3.8) is 0 Å². The Morgan fingerprint density at radius 2 is 2.00 bits per heavy atom. The van der Waals surface area contributed by atoms with Gasteiger partial charge in [-0.2, -0.15) is 5.10 Å². The number of anilines is 1. The van der Waals surface area contributed by atoms with E-state index in [1.165, 1.54) is 23.1 Å². The van der Waals surface area contributed by atoms with Gasteiger partial charge in [0.05, 0.1) is 13.3 Å². The van der Waals surface area contributed by atoms with Gasteiger partial charge in [-0.25, -0.2) is 9.97 Å². The number of piperidine rings is 1. The SMILES string of the molecule is COc1cccc(CN2CCCc3c(C)nc([C@H]4CCCN(Cc5cnn(C)c5)C4)nc32)c1. The molecule has 0 amide bonds. The summed E-state index contributed by atoms with van der Waals surface area (Å²) in [4.78, 5) is 15.2. The highest BCUT2D eigenvalue weighted by Crippen LogP contribution is 2.33. The molecule has 4 heterocycles. The number of aromatic nitrogens is 4. The molecule has 3 aromatic rings.